The molecule has 0 unspecified atom stereocenters. The minimum atomic E-state index is -5.53. The number of halogens is 16. The van der Waals surface area contributed by atoms with Crippen molar-refractivity contribution in [2.24, 2.45) is 19.9 Å². The van der Waals surface area contributed by atoms with Crippen molar-refractivity contribution >= 4 is 224 Å². The predicted molar refractivity (Wildman–Crippen MR) is 162 cm³/mol. The average molecular weight is 925 g/mol. The van der Waals surface area contributed by atoms with Crippen LogP contribution < -0.4 is 0 Å². The topological polar surface area (TPSA) is 109 Å². The maximum atomic E-state index is 11.9. The fourth-order valence-corrected chi connectivity index (χ4v) is 32.2. The third kappa shape index (κ3) is 10.7. The molecule has 0 aromatic rings. The summed E-state index contributed by atoms with van der Waals surface area (Å²) in [6, 6.07) is -2.37. The Balaban J connectivity index is 3.95. The Morgan fingerprint density at radius 1 is 0.559 bits per heavy atom. The summed E-state index contributed by atoms with van der Waals surface area (Å²) in [6.07, 6.45) is -9.14. The number of amidine groups is 2. The van der Waals surface area contributed by atoms with Gasteiger partial charge in [0.1, 0.15) is 0 Å². The Morgan fingerprint density at radius 2 is 0.794 bits per heavy atom. The van der Waals surface area contributed by atoms with Crippen LogP contribution in [0.25, 0.3) is 0 Å². The van der Waals surface area contributed by atoms with Gasteiger partial charge in [0.2, 0.25) is 0 Å². The first kappa shape index (κ1) is 37.0. The van der Waals surface area contributed by atoms with Crippen LogP contribution in [0.5, 0.6) is 0 Å². The van der Waals surface area contributed by atoms with Crippen LogP contribution in [-0.4, -0.2) is 20.9 Å². The molecule has 0 bridgehead atoms. The molecule has 1 heterocycles. The van der Waals surface area contributed by atoms with Crippen LogP contribution >= 0.6 is 212 Å². The molecule has 1 aliphatic heterocycles. The monoisotopic (exact) mass is 917 g/mol. The second-order valence-corrected chi connectivity index (χ2v) is 47.0. The Hall–Kier alpha value is 4.96. The van der Waals surface area contributed by atoms with Gasteiger partial charge in [-0.15, -0.1) is 0 Å². The van der Waals surface area contributed by atoms with Gasteiger partial charge in [0, 0.05) is 0 Å². The minimum absolute atomic E-state index is 0.254. The third-order valence-electron chi connectivity index (χ3n) is 2.38. The normalized spacial score (nSPS) is 25.1. The summed E-state index contributed by atoms with van der Waals surface area (Å²) in [4.78, 5) is -4.51. The van der Waals surface area contributed by atoms with Crippen molar-refractivity contribution in [2.75, 3.05) is 0 Å². The van der Waals surface area contributed by atoms with E-state index in [1.54, 1.807) is 0 Å². The van der Waals surface area contributed by atoms with Crippen molar-refractivity contribution in [1.82, 2.24) is 8.88 Å². The molecule has 0 aliphatic carbocycles. The molecule has 0 aromatic carbocycles. The van der Waals surface area contributed by atoms with Crippen LogP contribution in [0.15, 0.2) is 19.9 Å². The van der Waals surface area contributed by atoms with Crippen LogP contribution in [0.4, 0.5) is 0 Å². The van der Waals surface area contributed by atoms with E-state index in [9.17, 15) is 9.13 Å². The van der Waals surface area contributed by atoms with E-state index in [0.29, 0.717) is 0 Å². The zero-order valence-corrected chi connectivity index (χ0v) is 31.5. The number of nitrogens with zero attached hydrogens (tertiary/aromatic N) is 6. The summed E-state index contributed by atoms with van der Waals surface area (Å²) in [5.74, 6) is 0. The average Bonchev–Trinajstić information content (AvgIpc) is 2.42. The Bertz CT molecular complexity index is 992. The number of hydrogen-bond donors (Lipinski definition) is 0. The summed E-state index contributed by atoms with van der Waals surface area (Å²) in [5.41, 5.74) is 0. The van der Waals surface area contributed by atoms with E-state index in [1.165, 1.54) is 0 Å². The predicted octanol–water partition coefficient (Wildman–Crippen LogP) is 15.4. The Morgan fingerprint density at radius 3 is 0.971 bits per heavy atom. The van der Waals surface area contributed by atoms with Crippen molar-refractivity contribution in [1.29, 1.82) is 0 Å². The Labute approximate surface area is 267 Å². The third-order valence-corrected chi connectivity index (χ3v) is 22.3. The molecule has 32 heteroatoms. The molecule has 1 rings (SSSR count). The van der Waals surface area contributed by atoms with Gasteiger partial charge in [-0.05, 0) is 0 Å². The molecule has 1 aliphatic rings. The summed E-state index contributed by atoms with van der Waals surface area (Å²) in [5, 5.41) is -0.538. The maximum absolute atomic E-state index is 11.9. The van der Waals surface area contributed by atoms with E-state index in [0.717, 1.165) is 0 Å². The van der Waals surface area contributed by atoms with Crippen LogP contribution in [0.3, 0.4) is 0 Å². The zero-order valence-electron chi connectivity index (χ0n) is 14.0. The molecule has 0 aromatic heterocycles. The molecule has 10 nitrogen and oxygen atoms in total. The fourth-order valence-electron chi connectivity index (χ4n) is 1.67. The van der Waals surface area contributed by atoms with Crippen LogP contribution in [0.1, 0.15) is 0 Å². The molecular weight excluding hydrogens is 925 g/mol. The van der Waals surface area contributed by atoms with Crippen molar-refractivity contribution in [3.8, 4) is 0 Å². The van der Waals surface area contributed by atoms with Crippen molar-refractivity contribution in [2.45, 2.75) is 0 Å². The van der Waals surface area contributed by atoms with Gasteiger partial charge in [-0.2, -0.15) is 0 Å². The summed E-state index contributed by atoms with van der Waals surface area (Å²) in [7, 11) is 0. The Kier molecular flexibility index (Phi) is 12.6. The summed E-state index contributed by atoms with van der Waals surface area (Å²) < 4.78 is 33.8. The molecule has 34 heavy (non-hydrogen) atoms. The van der Waals surface area contributed by atoms with Crippen LogP contribution in [-0.2, 0) is 18.2 Å². The van der Waals surface area contributed by atoms with E-state index in [4.69, 9.17) is 189 Å². The molecule has 0 saturated carbocycles. The van der Waals surface area contributed by atoms with Gasteiger partial charge in [0.05, 0.1) is 0 Å². The van der Waals surface area contributed by atoms with Gasteiger partial charge in [-0.25, -0.2) is 0 Å². The van der Waals surface area contributed by atoms with E-state index >= 15 is 0 Å². The zero-order chi connectivity index (χ0) is 27.4. The molecule has 1 fully saturated rings. The first-order valence-electron chi connectivity index (χ1n) is 6.34. The van der Waals surface area contributed by atoms with Crippen LogP contribution in [0.2, 0.25) is 0 Å². The van der Waals surface area contributed by atoms with Gasteiger partial charge < -0.3 is 0 Å². The van der Waals surface area contributed by atoms with Crippen LogP contribution in [0, 0.1) is 0 Å². The molecule has 0 amide bonds. The van der Waals surface area contributed by atoms with Crippen molar-refractivity contribution < 1.29 is 18.2 Å². The quantitative estimate of drug-likeness (QED) is 0.120. The molecule has 0 radical (unpaired) electrons. The molecule has 1 saturated heterocycles. The molecule has 204 valence electrons. The van der Waals surface area contributed by atoms with Crippen molar-refractivity contribution in [3.05, 3.63) is 0 Å². The first-order valence-corrected chi connectivity index (χ1v) is 31.8. The standard InChI is InChI=1S/C2Cl16N6O4P6/c3-29(4,5)21-19-1(27-31(9,10)25)23-33(13,14,15)24(34(23,16,17)18)2(28-32(11,12)26)20-22-30(6,7)8. The van der Waals surface area contributed by atoms with Gasteiger partial charge in [-0.1, -0.05) is 0 Å². The van der Waals surface area contributed by atoms with Gasteiger partial charge in [-0.3, -0.25) is 0 Å². The van der Waals surface area contributed by atoms with Gasteiger partial charge >= 0.3 is 271 Å². The van der Waals surface area contributed by atoms with Gasteiger partial charge in [0.15, 0.2) is 0 Å². The number of hydrogen-bond acceptors (Lipinski definition) is 6. The molecular formula is C2Cl16N6O4P6. The first-order chi connectivity index (χ1) is 14.4. The van der Waals surface area contributed by atoms with Crippen molar-refractivity contribution in [3.63, 3.8) is 0 Å². The molecule has 0 atom stereocenters. The van der Waals surface area contributed by atoms with E-state index < -0.39 is 44.3 Å². The molecule has 0 spiro atoms. The second-order valence-electron chi connectivity index (χ2n) is 4.84. The van der Waals surface area contributed by atoms with E-state index in [2.05, 4.69) is 19.9 Å². The fraction of sp³-hybridized carbons (Fsp3) is 0. The number of rotatable bonds is 4. The van der Waals surface area contributed by atoms with E-state index in [-0.39, 0.29) is 8.88 Å². The molecule has 0 N–H and O–H groups in total. The van der Waals surface area contributed by atoms with Gasteiger partial charge in [0.25, 0.3) is 0 Å². The summed E-state index contributed by atoms with van der Waals surface area (Å²) in [6.45, 7) is 0. The second kappa shape index (κ2) is 11.6. The summed E-state index contributed by atoms with van der Waals surface area (Å²) >= 11 is 93.4. The van der Waals surface area contributed by atoms with E-state index in [1.807, 2.05) is 0 Å². The SMILES string of the molecule is O=P(Cl)(Cl)OC(=NN=P(Cl)(Cl)Cl)N1P(Cl)(Cl)(Cl)N(C(=NN=P(Cl)(Cl)Cl)OP(=O)(Cl)Cl)P1(Cl)(Cl)Cl.